The Balaban J connectivity index is 0.00000182. The summed E-state index contributed by atoms with van der Waals surface area (Å²) < 4.78 is 2.08. The van der Waals surface area contributed by atoms with Gasteiger partial charge in [0.15, 0.2) is 0 Å². The number of fused-ring (bicyclic) bond motifs is 1. The molecule has 0 bridgehead atoms. The highest BCUT2D eigenvalue weighted by molar-refractivity contribution is 5.85. The van der Waals surface area contributed by atoms with E-state index in [2.05, 4.69) is 52.9 Å². The van der Waals surface area contributed by atoms with Gasteiger partial charge in [0.2, 0.25) is 0 Å². The van der Waals surface area contributed by atoms with E-state index in [1.807, 2.05) is 42.5 Å². The maximum atomic E-state index is 4.76. The van der Waals surface area contributed by atoms with Gasteiger partial charge in [-0.05, 0) is 42.8 Å². The maximum absolute atomic E-state index is 4.76. The second-order valence-corrected chi connectivity index (χ2v) is 5.73. The first-order valence-corrected chi connectivity index (χ1v) is 7.95. The molecule has 124 valence electrons. The van der Waals surface area contributed by atoms with Gasteiger partial charge >= 0.3 is 0 Å². The van der Waals surface area contributed by atoms with Crippen molar-refractivity contribution in [3.8, 4) is 5.82 Å². The predicted octanol–water partition coefficient (Wildman–Crippen LogP) is 5.32. The van der Waals surface area contributed by atoms with Crippen LogP contribution in [0.2, 0.25) is 0 Å². The minimum atomic E-state index is 0. The number of aromatic nitrogens is 3. The van der Waals surface area contributed by atoms with Crippen molar-refractivity contribution in [2.24, 2.45) is 0 Å². The van der Waals surface area contributed by atoms with Crippen molar-refractivity contribution in [1.29, 1.82) is 0 Å². The molecule has 4 rings (SSSR count). The summed E-state index contributed by atoms with van der Waals surface area (Å²) in [5.74, 6) is 1.74. The summed E-state index contributed by atoms with van der Waals surface area (Å²) in [5.41, 5.74) is 4.43. The molecule has 0 aliphatic heterocycles. The molecule has 0 N–H and O–H groups in total. The summed E-state index contributed by atoms with van der Waals surface area (Å²) in [7, 11) is 0. The van der Waals surface area contributed by atoms with E-state index in [1.54, 1.807) is 6.20 Å². The molecule has 0 spiro atoms. The van der Waals surface area contributed by atoms with Crippen LogP contribution in [-0.4, -0.2) is 14.5 Å². The molecule has 4 heteroatoms. The number of hydrogen-bond donors (Lipinski definition) is 0. The van der Waals surface area contributed by atoms with Gasteiger partial charge in [-0.1, -0.05) is 54.1 Å². The average molecular weight is 348 g/mol. The molecule has 4 aromatic rings. The van der Waals surface area contributed by atoms with E-state index in [-0.39, 0.29) is 12.4 Å². The molecule has 2 heterocycles. The Morgan fingerprint density at radius 2 is 1.60 bits per heavy atom. The number of imidazole rings is 1. The lowest BCUT2D eigenvalue weighted by Crippen LogP contribution is -1.99. The van der Waals surface area contributed by atoms with Gasteiger partial charge < -0.3 is 0 Å². The van der Waals surface area contributed by atoms with Crippen LogP contribution in [0.1, 0.15) is 17.0 Å². The summed E-state index contributed by atoms with van der Waals surface area (Å²) in [6.07, 6.45) is 5.93. The van der Waals surface area contributed by atoms with Crippen molar-refractivity contribution >= 4 is 35.6 Å². The van der Waals surface area contributed by atoms with E-state index in [9.17, 15) is 0 Å². The van der Waals surface area contributed by atoms with E-state index in [0.717, 1.165) is 28.2 Å². The Hall–Kier alpha value is -2.91. The Morgan fingerprint density at radius 3 is 2.36 bits per heavy atom. The normalized spacial score (nSPS) is 10.9. The zero-order chi connectivity index (χ0) is 16.4. The van der Waals surface area contributed by atoms with Crippen molar-refractivity contribution in [3.63, 3.8) is 0 Å². The van der Waals surface area contributed by atoms with Crippen molar-refractivity contribution in [1.82, 2.24) is 14.5 Å². The standard InChI is InChI=1S/C21H17N3.ClH/c1-16-9-11-17(12-10-16)13-14-21-23-18-6-2-3-7-19(18)24(21)20-8-4-5-15-22-20;/h2-15H,1H3;1H. The first kappa shape index (κ1) is 16.9. The maximum Gasteiger partial charge on any atom is 0.139 e. The third kappa shape index (κ3) is 3.47. The first-order valence-electron chi connectivity index (χ1n) is 7.95. The molecule has 25 heavy (non-hydrogen) atoms. The van der Waals surface area contributed by atoms with Crippen LogP contribution in [0.25, 0.3) is 29.0 Å². The number of benzene rings is 2. The topological polar surface area (TPSA) is 30.7 Å². The first-order chi connectivity index (χ1) is 11.8. The number of halogens is 1. The van der Waals surface area contributed by atoms with Crippen molar-refractivity contribution in [2.75, 3.05) is 0 Å². The van der Waals surface area contributed by atoms with Gasteiger partial charge in [-0.3, -0.25) is 4.57 Å². The quantitative estimate of drug-likeness (QED) is 0.502. The lowest BCUT2D eigenvalue weighted by atomic mass is 10.1. The van der Waals surface area contributed by atoms with Gasteiger partial charge in [0, 0.05) is 6.20 Å². The van der Waals surface area contributed by atoms with Crippen LogP contribution in [0.15, 0.2) is 72.9 Å². The lowest BCUT2D eigenvalue weighted by Gasteiger charge is -2.05. The number of nitrogens with zero attached hydrogens (tertiary/aromatic N) is 3. The number of hydrogen-bond acceptors (Lipinski definition) is 2. The SMILES string of the molecule is Cc1ccc(C=Cc2nc3ccccc3n2-c2ccccn2)cc1.Cl. The molecular formula is C21H18ClN3. The molecule has 0 aliphatic carbocycles. The van der Waals surface area contributed by atoms with Gasteiger partial charge in [-0.15, -0.1) is 12.4 Å². The third-order valence-electron chi connectivity index (χ3n) is 3.97. The van der Waals surface area contributed by atoms with Crippen LogP contribution in [0.4, 0.5) is 0 Å². The van der Waals surface area contributed by atoms with Gasteiger partial charge in [0.25, 0.3) is 0 Å². The van der Waals surface area contributed by atoms with Crippen molar-refractivity contribution in [2.45, 2.75) is 6.92 Å². The van der Waals surface area contributed by atoms with E-state index in [1.165, 1.54) is 5.56 Å². The van der Waals surface area contributed by atoms with Crippen LogP contribution < -0.4 is 0 Å². The van der Waals surface area contributed by atoms with Crippen LogP contribution in [-0.2, 0) is 0 Å². The minimum Gasteiger partial charge on any atom is -0.277 e. The van der Waals surface area contributed by atoms with Gasteiger partial charge in [-0.2, -0.15) is 0 Å². The second-order valence-electron chi connectivity index (χ2n) is 5.73. The number of aryl methyl sites for hydroxylation is 1. The zero-order valence-electron chi connectivity index (χ0n) is 13.8. The number of pyridine rings is 1. The summed E-state index contributed by atoms with van der Waals surface area (Å²) in [6, 6.07) is 22.5. The monoisotopic (exact) mass is 347 g/mol. The van der Waals surface area contributed by atoms with Crippen LogP contribution in [0.3, 0.4) is 0 Å². The van der Waals surface area contributed by atoms with E-state index in [0.29, 0.717) is 0 Å². The zero-order valence-corrected chi connectivity index (χ0v) is 14.6. The Kier molecular flexibility index (Phi) is 4.96. The largest absolute Gasteiger partial charge is 0.277 e. The van der Waals surface area contributed by atoms with Crippen molar-refractivity contribution in [3.05, 3.63) is 89.9 Å². The Labute approximate surface area is 153 Å². The molecule has 0 aliphatic rings. The predicted molar refractivity (Wildman–Crippen MR) is 106 cm³/mol. The summed E-state index contributed by atoms with van der Waals surface area (Å²) in [5, 5.41) is 0. The molecule has 0 atom stereocenters. The highest BCUT2D eigenvalue weighted by Gasteiger charge is 2.10. The number of rotatable bonds is 3. The number of para-hydroxylation sites is 2. The van der Waals surface area contributed by atoms with Gasteiger partial charge in [0.1, 0.15) is 11.6 Å². The average Bonchev–Trinajstić information content (AvgIpc) is 3.00. The Morgan fingerprint density at radius 1 is 0.840 bits per heavy atom. The molecular weight excluding hydrogens is 330 g/mol. The molecule has 0 saturated carbocycles. The fraction of sp³-hybridized carbons (Fsp3) is 0.0476. The smallest absolute Gasteiger partial charge is 0.139 e. The lowest BCUT2D eigenvalue weighted by molar-refractivity contribution is 1.01. The van der Waals surface area contributed by atoms with Gasteiger partial charge in [-0.25, -0.2) is 9.97 Å². The van der Waals surface area contributed by atoms with Crippen LogP contribution in [0, 0.1) is 6.92 Å². The van der Waals surface area contributed by atoms with E-state index < -0.39 is 0 Å². The van der Waals surface area contributed by atoms with Gasteiger partial charge in [0.05, 0.1) is 11.0 Å². The molecule has 2 aromatic heterocycles. The highest BCUT2D eigenvalue weighted by atomic mass is 35.5. The van der Waals surface area contributed by atoms with Crippen LogP contribution in [0.5, 0.6) is 0 Å². The van der Waals surface area contributed by atoms with Crippen molar-refractivity contribution < 1.29 is 0 Å². The second kappa shape index (κ2) is 7.32. The molecule has 3 nitrogen and oxygen atoms in total. The highest BCUT2D eigenvalue weighted by Crippen LogP contribution is 2.21. The van der Waals surface area contributed by atoms with E-state index >= 15 is 0 Å². The molecule has 0 amide bonds. The molecule has 0 unspecified atom stereocenters. The Bertz CT molecular complexity index is 1000. The van der Waals surface area contributed by atoms with Crippen LogP contribution >= 0.6 is 12.4 Å². The summed E-state index contributed by atoms with van der Waals surface area (Å²) in [4.78, 5) is 9.25. The molecule has 0 saturated heterocycles. The fourth-order valence-corrected chi connectivity index (χ4v) is 2.73. The third-order valence-corrected chi connectivity index (χ3v) is 3.97. The molecule has 0 fully saturated rings. The summed E-state index contributed by atoms with van der Waals surface area (Å²) in [6.45, 7) is 2.09. The minimum absolute atomic E-state index is 0. The van der Waals surface area contributed by atoms with E-state index in [4.69, 9.17) is 4.98 Å². The fourth-order valence-electron chi connectivity index (χ4n) is 2.73. The molecule has 0 radical (unpaired) electrons. The molecule has 2 aromatic carbocycles. The summed E-state index contributed by atoms with van der Waals surface area (Å²) >= 11 is 0.